The van der Waals surface area contributed by atoms with Gasteiger partial charge in [0.2, 0.25) is 5.91 Å². The van der Waals surface area contributed by atoms with Gasteiger partial charge in [0.05, 0.1) is 6.42 Å². The molecule has 6 heteroatoms. The lowest BCUT2D eigenvalue weighted by Crippen LogP contribution is -2.32. The summed E-state index contributed by atoms with van der Waals surface area (Å²) in [5.74, 6) is 1.55. The molecule has 16 heavy (non-hydrogen) atoms. The van der Waals surface area contributed by atoms with E-state index in [-0.39, 0.29) is 18.2 Å². The highest BCUT2D eigenvalue weighted by molar-refractivity contribution is 7.99. The molecule has 0 aromatic heterocycles. The van der Waals surface area contributed by atoms with Gasteiger partial charge in [-0.1, -0.05) is 6.92 Å². The van der Waals surface area contributed by atoms with Crippen LogP contribution in [0, 0.1) is 5.92 Å². The Hall–Kier alpha value is -0.360. The summed E-state index contributed by atoms with van der Waals surface area (Å²) < 4.78 is 0. The molecule has 0 aromatic carbocycles. The lowest BCUT2D eigenvalue weighted by molar-refractivity contribution is -0.136. The number of carbonyl (C=O) groups excluding carboxylic acids is 1. The molecule has 0 spiro atoms. The van der Waals surface area contributed by atoms with Gasteiger partial charge in [-0.2, -0.15) is 23.5 Å². The van der Waals surface area contributed by atoms with E-state index in [9.17, 15) is 9.59 Å². The van der Waals surface area contributed by atoms with Crippen molar-refractivity contribution in [3.05, 3.63) is 0 Å². The van der Waals surface area contributed by atoms with E-state index in [1.54, 1.807) is 23.5 Å². The van der Waals surface area contributed by atoms with Gasteiger partial charge in [0.25, 0.3) is 0 Å². The van der Waals surface area contributed by atoms with Gasteiger partial charge in [-0.05, 0) is 6.26 Å². The van der Waals surface area contributed by atoms with Crippen molar-refractivity contribution in [3.8, 4) is 0 Å². The van der Waals surface area contributed by atoms with E-state index < -0.39 is 5.97 Å². The second kappa shape index (κ2) is 9.84. The highest BCUT2D eigenvalue weighted by atomic mass is 32.2. The lowest BCUT2D eigenvalue weighted by Gasteiger charge is -2.10. The maximum atomic E-state index is 11.4. The first-order valence-corrected chi connectivity index (χ1v) is 7.69. The van der Waals surface area contributed by atoms with Crippen molar-refractivity contribution in [2.24, 2.45) is 5.92 Å². The third-order valence-electron chi connectivity index (χ3n) is 1.87. The number of hydrogen-bond acceptors (Lipinski definition) is 4. The third kappa shape index (κ3) is 8.91. The quantitative estimate of drug-likeness (QED) is 0.615. The van der Waals surface area contributed by atoms with Crippen LogP contribution in [0.4, 0.5) is 0 Å². The van der Waals surface area contributed by atoms with E-state index in [4.69, 9.17) is 5.11 Å². The third-order valence-corrected chi connectivity index (χ3v) is 3.69. The highest BCUT2D eigenvalue weighted by Crippen LogP contribution is 2.05. The fourth-order valence-corrected chi connectivity index (χ4v) is 2.43. The number of carboxylic acids is 1. The predicted molar refractivity (Wildman–Crippen MR) is 70.1 cm³/mol. The van der Waals surface area contributed by atoms with Crippen molar-refractivity contribution in [1.29, 1.82) is 0 Å². The molecule has 0 aliphatic carbocycles. The summed E-state index contributed by atoms with van der Waals surface area (Å²) >= 11 is 3.21. The molecule has 0 rings (SSSR count). The SMILES string of the molecule is CSCC(C)C(=O)NCCSCCC(=O)O. The molecular weight excluding hydrogens is 246 g/mol. The van der Waals surface area contributed by atoms with Gasteiger partial charge in [-0.15, -0.1) is 0 Å². The van der Waals surface area contributed by atoms with E-state index in [1.807, 2.05) is 13.2 Å². The molecule has 0 bridgehead atoms. The number of amides is 1. The first-order chi connectivity index (χ1) is 7.57. The van der Waals surface area contributed by atoms with Crippen LogP contribution in [-0.4, -0.2) is 47.0 Å². The van der Waals surface area contributed by atoms with Crippen LogP contribution < -0.4 is 5.32 Å². The topological polar surface area (TPSA) is 66.4 Å². The van der Waals surface area contributed by atoms with Gasteiger partial charge in [-0.3, -0.25) is 9.59 Å². The Morgan fingerprint density at radius 3 is 2.62 bits per heavy atom. The van der Waals surface area contributed by atoms with Crippen LogP contribution in [0.1, 0.15) is 13.3 Å². The molecule has 0 radical (unpaired) electrons. The predicted octanol–water partition coefficient (Wildman–Crippen LogP) is 1.31. The van der Waals surface area contributed by atoms with Crippen LogP contribution in [0.15, 0.2) is 0 Å². The Bertz CT molecular complexity index is 224. The van der Waals surface area contributed by atoms with Crippen molar-refractivity contribution in [1.82, 2.24) is 5.32 Å². The Kier molecular flexibility index (Phi) is 9.62. The molecular formula is C10H19NO3S2. The molecule has 4 nitrogen and oxygen atoms in total. The van der Waals surface area contributed by atoms with E-state index in [0.717, 1.165) is 11.5 Å². The van der Waals surface area contributed by atoms with Crippen LogP contribution in [0.3, 0.4) is 0 Å². The summed E-state index contributed by atoms with van der Waals surface area (Å²) in [6.45, 7) is 2.52. The van der Waals surface area contributed by atoms with Gasteiger partial charge >= 0.3 is 5.97 Å². The molecule has 1 unspecified atom stereocenters. The number of rotatable bonds is 9. The van der Waals surface area contributed by atoms with E-state index in [1.165, 1.54) is 0 Å². The smallest absolute Gasteiger partial charge is 0.304 e. The van der Waals surface area contributed by atoms with E-state index in [0.29, 0.717) is 12.3 Å². The normalized spacial score (nSPS) is 12.1. The Morgan fingerprint density at radius 2 is 2.06 bits per heavy atom. The zero-order valence-corrected chi connectivity index (χ0v) is 11.3. The van der Waals surface area contributed by atoms with Crippen molar-refractivity contribution < 1.29 is 14.7 Å². The standard InChI is InChI=1S/C10H19NO3S2/c1-8(7-15-2)10(14)11-4-6-16-5-3-9(12)13/h8H,3-7H2,1-2H3,(H,11,14)(H,12,13). The van der Waals surface area contributed by atoms with Gasteiger partial charge in [0.15, 0.2) is 0 Å². The van der Waals surface area contributed by atoms with Crippen molar-refractivity contribution >= 4 is 35.4 Å². The number of thioether (sulfide) groups is 2. The maximum absolute atomic E-state index is 11.4. The molecule has 0 fully saturated rings. The number of nitrogens with one attached hydrogen (secondary N) is 1. The molecule has 2 N–H and O–H groups in total. The second-order valence-electron chi connectivity index (χ2n) is 3.40. The molecule has 1 amide bonds. The van der Waals surface area contributed by atoms with Crippen LogP contribution in [0.25, 0.3) is 0 Å². The zero-order chi connectivity index (χ0) is 12.4. The molecule has 0 heterocycles. The van der Waals surface area contributed by atoms with Gasteiger partial charge in [-0.25, -0.2) is 0 Å². The number of carboxylic acid groups (broad SMARTS) is 1. The van der Waals surface area contributed by atoms with Crippen LogP contribution >= 0.6 is 23.5 Å². The van der Waals surface area contributed by atoms with Gasteiger partial charge < -0.3 is 10.4 Å². The summed E-state index contributed by atoms with van der Waals surface area (Å²) in [6.07, 6.45) is 2.16. The molecule has 0 aliphatic heterocycles. The monoisotopic (exact) mass is 265 g/mol. The Labute approximate surface area is 105 Å². The second-order valence-corrected chi connectivity index (χ2v) is 5.54. The average Bonchev–Trinajstić information content (AvgIpc) is 2.22. The van der Waals surface area contributed by atoms with Crippen LogP contribution in [0.5, 0.6) is 0 Å². The van der Waals surface area contributed by atoms with Gasteiger partial charge in [0, 0.05) is 29.7 Å². The Balaban J connectivity index is 3.37. The molecule has 94 valence electrons. The fourth-order valence-electron chi connectivity index (χ4n) is 1.01. The minimum absolute atomic E-state index is 0.0408. The summed E-state index contributed by atoms with van der Waals surface area (Å²) in [7, 11) is 0. The number of hydrogen-bond donors (Lipinski definition) is 2. The molecule has 0 aromatic rings. The number of carbonyl (C=O) groups is 2. The summed E-state index contributed by atoms with van der Waals surface area (Å²) in [5, 5.41) is 11.2. The summed E-state index contributed by atoms with van der Waals surface area (Å²) in [4.78, 5) is 21.7. The highest BCUT2D eigenvalue weighted by Gasteiger charge is 2.10. The number of aliphatic carboxylic acids is 1. The minimum atomic E-state index is -0.773. The summed E-state index contributed by atoms with van der Waals surface area (Å²) in [6, 6.07) is 0. The Morgan fingerprint density at radius 1 is 1.38 bits per heavy atom. The molecule has 0 saturated carbocycles. The fraction of sp³-hybridized carbons (Fsp3) is 0.800. The van der Waals surface area contributed by atoms with E-state index in [2.05, 4.69) is 5.32 Å². The molecule has 0 saturated heterocycles. The largest absolute Gasteiger partial charge is 0.481 e. The van der Waals surface area contributed by atoms with Crippen molar-refractivity contribution in [3.63, 3.8) is 0 Å². The van der Waals surface area contributed by atoms with Crippen molar-refractivity contribution in [2.75, 3.05) is 30.1 Å². The van der Waals surface area contributed by atoms with Crippen molar-refractivity contribution in [2.45, 2.75) is 13.3 Å². The summed E-state index contributed by atoms with van der Waals surface area (Å²) in [5.41, 5.74) is 0. The first-order valence-electron chi connectivity index (χ1n) is 5.14. The maximum Gasteiger partial charge on any atom is 0.304 e. The van der Waals surface area contributed by atoms with E-state index >= 15 is 0 Å². The first kappa shape index (κ1) is 15.6. The molecule has 0 aliphatic rings. The minimum Gasteiger partial charge on any atom is -0.481 e. The lowest BCUT2D eigenvalue weighted by atomic mass is 10.2. The van der Waals surface area contributed by atoms with Crippen LogP contribution in [-0.2, 0) is 9.59 Å². The van der Waals surface area contributed by atoms with Crippen LogP contribution in [0.2, 0.25) is 0 Å². The van der Waals surface area contributed by atoms with Gasteiger partial charge in [0.1, 0.15) is 0 Å². The molecule has 1 atom stereocenters. The zero-order valence-electron chi connectivity index (χ0n) is 9.69. The average molecular weight is 265 g/mol.